The van der Waals surface area contributed by atoms with Crippen LogP contribution >= 0.6 is 0 Å². The van der Waals surface area contributed by atoms with Crippen LogP contribution in [0, 0.1) is 17.4 Å². The van der Waals surface area contributed by atoms with E-state index in [1.807, 2.05) is 0 Å². The van der Waals surface area contributed by atoms with Crippen LogP contribution in [-0.2, 0) is 0 Å². The van der Waals surface area contributed by atoms with Crippen LogP contribution in [0.2, 0.25) is 19.6 Å². The van der Waals surface area contributed by atoms with Crippen LogP contribution in [0.5, 0.6) is 0 Å². The Morgan fingerprint density at radius 1 is 0.957 bits per heavy atom. The second-order valence-electron chi connectivity index (χ2n) is 8.34. The fraction of sp³-hybridized carbons (Fsp3) is 0.636. The van der Waals surface area contributed by atoms with Gasteiger partial charge in [0.25, 0.3) is 0 Å². The molecule has 0 aromatic heterocycles. The minimum atomic E-state index is -1.27. The molecule has 1 aromatic carbocycles. The first-order chi connectivity index (χ1) is 11.0. The van der Waals surface area contributed by atoms with Gasteiger partial charge in [0.1, 0.15) is 8.07 Å². The molecule has 0 atom stereocenters. The Balaban J connectivity index is 1.85. The first-order valence-corrected chi connectivity index (χ1v) is 13.1. The van der Waals surface area contributed by atoms with Gasteiger partial charge in [-0.1, -0.05) is 70.3 Å². The lowest BCUT2D eigenvalue weighted by molar-refractivity contribution is 0.303. The summed E-state index contributed by atoms with van der Waals surface area (Å²) in [7, 11) is -1.27. The van der Waals surface area contributed by atoms with Gasteiger partial charge in [-0.25, -0.2) is 0 Å². The molecule has 0 N–H and O–H groups in total. The zero-order valence-corrected chi connectivity index (χ0v) is 16.6. The minimum Gasteiger partial charge on any atom is -0.127 e. The highest BCUT2D eigenvalue weighted by Crippen LogP contribution is 2.37. The highest BCUT2D eigenvalue weighted by atomic mass is 28.3. The Morgan fingerprint density at radius 2 is 1.61 bits per heavy atom. The van der Waals surface area contributed by atoms with Gasteiger partial charge in [0.2, 0.25) is 0 Å². The molecule has 1 aliphatic carbocycles. The Morgan fingerprint density at radius 3 is 2.17 bits per heavy atom. The predicted octanol–water partition coefficient (Wildman–Crippen LogP) is 6.77. The summed E-state index contributed by atoms with van der Waals surface area (Å²) in [4.78, 5) is 0. The van der Waals surface area contributed by atoms with E-state index >= 15 is 0 Å². The van der Waals surface area contributed by atoms with Crippen LogP contribution in [0.15, 0.2) is 24.3 Å². The third kappa shape index (κ3) is 6.56. The number of rotatable bonds is 5. The SMILES string of the molecule is CCCCC[C@H]1CC[C@H](c2ccc(C#C[Si](C)(C)C)cc2)CC1. The van der Waals surface area contributed by atoms with E-state index in [2.05, 4.69) is 62.3 Å². The minimum absolute atomic E-state index is 0.788. The molecule has 0 radical (unpaired) electrons. The zero-order chi connectivity index (χ0) is 16.7. The van der Waals surface area contributed by atoms with E-state index in [9.17, 15) is 0 Å². The van der Waals surface area contributed by atoms with Gasteiger partial charge in [-0.15, -0.1) is 5.54 Å². The molecule has 23 heavy (non-hydrogen) atoms. The van der Waals surface area contributed by atoms with Crippen molar-refractivity contribution in [3.05, 3.63) is 35.4 Å². The molecule has 0 bridgehead atoms. The first-order valence-electron chi connectivity index (χ1n) is 9.61. The summed E-state index contributed by atoms with van der Waals surface area (Å²) in [5.41, 5.74) is 6.18. The summed E-state index contributed by atoms with van der Waals surface area (Å²) in [6.45, 7) is 9.20. The molecule has 1 fully saturated rings. The molecule has 2 rings (SSSR count). The second kappa shape index (κ2) is 8.74. The molecule has 0 saturated heterocycles. The Bertz CT molecular complexity index is 516. The van der Waals surface area contributed by atoms with E-state index in [1.54, 1.807) is 0 Å². The van der Waals surface area contributed by atoms with Crippen molar-refractivity contribution in [2.75, 3.05) is 0 Å². The maximum absolute atomic E-state index is 3.46. The van der Waals surface area contributed by atoms with Crippen LogP contribution in [0.4, 0.5) is 0 Å². The van der Waals surface area contributed by atoms with Gasteiger partial charge in [-0.05, 0) is 55.2 Å². The molecular formula is C22H34Si. The fourth-order valence-corrected chi connectivity index (χ4v) is 4.09. The monoisotopic (exact) mass is 326 g/mol. The maximum atomic E-state index is 3.46. The van der Waals surface area contributed by atoms with E-state index in [4.69, 9.17) is 0 Å². The Kier molecular flexibility index (Phi) is 6.97. The Hall–Kier alpha value is -1.00. The lowest BCUT2D eigenvalue weighted by atomic mass is 9.77. The summed E-state index contributed by atoms with van der Waals surface area (Å²) < 4.78 is 0. The van der Waals surface area contributed by atoms with Crippen LogP contribution in [0.25, 0.3) is 0 Å². The van der Waals surface area contributed by atoms with Gasteiger partial charge < -0.3 is 0 Å². The Labute approximate surface area is 145 Å². The maximum Gasteiger partial charge on any atom is 0.129 e. The third-order valence-electron chi connectivity index (χ3n) is 5.03. The summed E-state index contributed by atoms with van der Waals surface area (Å²) >= 11 is 0. The van der Waals surface area contributed by atoms with E-state index in [0.717, 1.165) is 11.8 Å². The highest BCUT2D eigenvalue weighted by Gasteiger charge is 2.21. The van der Waals surface area contributed by atoms with Crippen LogP contribution in [0.3, 0.4) is 0 Å². The summed E-state index contributed by atoms with van der Waals surface area (Å²) in [6, 6.07) is 9.12. The van der Waals surface area contributed by atoms with Crippen LogP contribution in [-0.4, -0.2) is 8.07 Å². The number of hydrogen-bond acceptors (Lipinski definition) is 0. The molecule has 0 unspecified atom stereocenters. The molecule has 0 aliphatic heterocycles. The van der Waals surface area contributed by atoms with Gasteiger partial charge in [0, 0.05) is 5.56 Å². The molecule has 0 heterocycles. The van der Waals surface area contributed by atoms with Crippen molar-refractivity contribution in [2.45, 2.75) is 83.8 Å². The molecule has 0 spiro atoms. The van der Waals surface area contributed by atoms with Gasteiger partial charge in [-0.3, -0.25) is 0 Å². The van der Waals surface area contributed by atoms with Crippen molar-refractivity contribution in [1.82, 2.24) is 0 Å². The molecule has 1 heteroatoms. The molecule has 126 valence electrons. The van der Waals surface area contributed by atoms with E-state index < -0.39 is 8.07 Å². The standard InChI is InChI=1S/C22H34Si/c1-5-6-7-8-19-9-13-21(14-10-19)22-15-11-20(12-16-22)17-18-23(2,3)4/h11-12,15-16,19,21H,5-10,13-14H2,1-4H3/t19-,21-. The van der Waals surface area contributed by atoms with Gasteiger partial charge in [0.15, 0.2) is 0 Å². The van der Waals surface area contributed by atoms with Crippen molar-refractivity contribution in [2.24, 2.45) is 5.92 Å². The summed E-state index contributed by atoms with van der Waals surface area (Å²) in [5.74, 6) is 5.15. The molecule has 1 saturated carbocycles. The normalized spacial score (nSPS) is 21.6. The molecule has 1 aliphatic rings. The van der Waals surface area contributed by atoms with E-state index in [0.29, 0.717) is 0 Å². The number of hydrogen-bond donors (Lipinski definition) is 0. The number of benzene rings is 1. The lowest BCUT2D eigenvalue weighted by Gasteiger charge is -2.29. The zero-order valence-electron chi connectivity index (χ0n) is 15.6. The second-order valence-corrected chi connectivity index (χ2v) is 13.1. The van der Waals surface area contributed by atoms with Crippen molar-refractivity contribution in [3.63, 3.8) is 0 Å². The van der Waals surface area contributed by atoms with Gasteiger partial charge in [-0.2, -0.15) is 0 Å². The number of unbranched alkanes of at least 4 members (excludes halogenated alkanes) is 2. The predicted molar refractivity (Wildman–Crippen MR) is 106 cm³/mol. The van der Waals surface area contributed by atoms with E-state index in [-0.39, 0.29) is 0 Å². The lowest BCUT2D eigenvalue weighted by Crippen LogP contribution is -2.16. The molecule has 0 nitrogen and oxygen atoms in total. The molecular weight excluding hydrogens is 292 g/mol. The summed E-state index contributed by atoms with van der Waals surface area (Å²) in [5, 5.41) is 0. The molecule has 1 aromatic rings. The largest absolute Gasteiger partial charge is 0.129 e. The van der Waals surface area contributed by atoms with E-state index in [1.165, 1.54) is 62.5 Å². The quantitative estimate of drug-likeness (QED) is 0.318. The highest BCUT2D eigenvalue weighted by molar-refractivity contribution is 6.83. The average Bonchev–Trinajstić information content (AvgIpc) is 2.54. The van der Waals surface area contributed by atoms with Gasteiger partial charge >= 0.3 is 0 Å². The smallest absolute Gasteiger partial charge is 0.127 e. The topological polar surface area (TPSA) is 0 Å². The summed E-state index contributed by atoms with van der Waals surface area (Å²) in [6.07, 6.45) is 11.3. The third-order valence-corrected chi connectivity index (χ3v) is 5.90. The van der Waals surface area contributed by atoms with Crippen molar-refractivity contribution in [1.29, 1.82) is 0 Å². The molecule has 0 amide bonds. The van der Waals surface area contributed by atoms with Gasteiger partial charge in [0.05, 0.1) is 0 Å². The van der Waals surface area contributed by atoms with Crippen LogP contribution < -0.4 is 0 Å². The van der Waals surface area contributed by atoms with Crippen molar-refractivity contribution < 1.29 is 0 Å². The first kappa shape index (κ1) is 18.3. The van der Waals surface area contributed by atoms with Crippen molar-refractivity contribution >= 4 is 8.07 Å². The average molecular weight is 327 g/mol. The van der Waals surface area contributed by atoms with Crippen LogP contribution in [0.1, 0.15) is 75.3 Å². The van der Waals surface area contributed by atoms with Crippen molar-refractivity contribution in [3.8, 4) is 11.5 Å². The fourth-order valence-electron chi connectivity index (χ4n) is 3.57.